The Balaban J connectivity index is 1.56. The van der Waals surface area contributed by atoms with Gasteiger partial charge in [-0.1, -0.05) is 12.1 Å². The van der Waals surface area contributed by atoms with Crippen molar-refractivity contribution in [3.8, 4) is 0 Å². The summed E-state index contributed by atoms with van der Waals surface area (Å²) in [7, 11) is 0. The second-order valence-corrected chi connectivity index (χ2v) is 8.63. The number of hydrogen-bond acceptors (Lipinski definition) is 6. The maximum atomic E-state index is 13.2. The number of hydrogen-bond donors (Lipinski definition) is 0. The molecule has 2 amide bonds. The fourth-order valence-corrected chi connectivity index (χ4v) is 4.97. The lowest BCUT2D eigenvalue weighted by Gasteiger charge is -2.25. The molecule has 32 heavy (non-hydrogen) atoms. The Morgan fingerprint density at radius 2 is 1.09 bits per heavy atom. The van der Waals surface area contributed by atoms with E-state index in [1.165, 1.54) is 0 Å². The SMILES string of the molecule is O=C1Cc2cccc(n2)C(=O)N2CCC[C@H]2C(=O)Cc2cccc(n2)C(=O)N2CCC[C@@H]12. The molecule has 0 saturated carbocycles. The molecule has 8 heteroatoms. The van der Waals surface area contributed by atoms with E-state index in [0.717, 1.165) is 12.8 Å². The zero-order valence-corrected chi connectivity index (χ0v) is 17.7. The highest BCUT2D eigenvalue weighted by Crippen LogP contribution is 2.24. The van der Waals surface area contributed by atoms with Gasteiger partial charge in [0.25, 0.3) is 11.8 Å². The molecule has 0 unspecified atom stereocenters. The molecule has 0 N–H and O–H groups in total. The third-order valence-corrected chi connectivity index (χ3v) is 6.53. The van der Waals surface area contributed by atoms with Gasteiger partial charge in [-0.3, -0.25) is 19.2 Å². The van der Waals surface area contributed by atoms with Gasteiger partial charge in [0.05, 0.1) is 24.9 Å². The number of ketones is 2. The van der Waals surface area contributed by atoms with Crippen LogP contribution in [0, 0.1) is 0 Å². The Morgan fingerprint density at radius 1 is 0.656 bits per heavy atom. The molecule has 0 aromatic carbocycles. The number of carbonyl (C=O) groups excluding carboxylic acids is 4. The Bertz CT molecular complexity index is 1030. The van der Waals surface area contributed by atoms with Gasteiger partial charge in [0.15, 0.2) is 11.6 Å². The second-order valence-electron chi connectivity index (χ2n) is 8.63. The zero-order valence-electron chi connectivity index (χ0n) is 17.7. The van der Waals surface area contributed by atoms with Gasteiger partial charge < -0.3 is 9.80 Å². The van der Waals surface area contributed by atoms with E-state index in [1.807, 2.05) is 0 Å². The normalized spacial score (nSPS) is 24.0. The Morgan fingerprint density at radius 3 is 1.53 bits per heavy atom. The molecular formula is C24H24N4O4. The van der Waals surface area contributed by atoms with Crippen LogP contribution < -0.4 is 0 Å². The molecule has 0 aliphatic carbocycles. The highest BCUT2D eigenvalue weighted by atomic mass is 16.2. The number of pyridine rings is 2. The Hall–Kier alpha value is -3.42. The molecule has 5 heterocycles. The first-order chi connectivity index (χ1) is 15.5. The predicted octanol–water partition coefficient (Wildman–Crippen LogP) is 1.62. The minimum atomic E-state index is -0.536. The standard InChI is InChI=1S/C24H24N4O4/c29-21-13-15-5-1-7-17(25-15)23(31)27-11-3-10-20(27)22(30)14-16-6-2-8-18(26-16)24(32)28-12-4-9-19(21)28/h1-2,5-8,19-20H,3-4,9-14H2/t19-,20-/m0/s1. The second kappa shape index (κ2) is 8.26. The fourth-order valence-electron chi connectivity index (χ4n) is 4.97. The van der Waals surface area contributed by atoms with Crippen molar-refractivity contribution in [2.45, 2.75) is 50.6 Å². The average molecular weight is 432 g/mol. The summed E-state index contributed by atoms with van der Waals surface area (Å²) in [5.41, 5.74) is 1.46. The van der Waals surface area contributed by atoms with E-state index in [4.69, 9.17) is 0 Å². The molecule has 8 nitrogen and oxygen atoms in total. The monoisotopic (exact) mass is 432 g/mol. The van der Waals surface area contributed by atoms with E-state index in [-0.39, 0.29) is 47.6 Å². The first-order valence-corrected chi connectivity index (χ1v) is 11.1. The summed E-state index contributed by atoms with van der Waals surface area (Å²) in [6, 6.07) is 9.03. The Kier molecular flexibility index (Phi) is 5.28. The Labute approximate surface area is 185 Å². The molecule has 2 atom stereocenters. The van der Waals surface area contributed by atoms with Gasteiger partial charge in [-0.05, 0) is 49.9 Å². The highest BCUT2D eigenvalue weighted by molar-refractivity contribution is 5.99. The number of aromatic nitrogens is 2. The maximum absolute atomic E-state index is 13.2. The van der Waals surface area contributed by atoms with Gasteiger partial charge in [-0.15, -0.1) is 0 Å². The lowest BCUT2D eigenvalue weighted by Crippen LogP contribution is -2.43. The van der Waals surface area contributed by atoms with Gasteiger partial charge in [0.2, 0.25) is 0 Å². The van der Waals surface area contributed by atoms with Crippen LogP contribution >= 0.6 is 0 Å². The smallest absolute Gasteiger partial charge is 0.273 e. The van der Waals surface area contributed by atoms with Crippen molar-refractivity contribution in [1.82, 2.24) is 19.8 Å². The van der Waals surface area contributed by atoms with E-state index in [0.29, 0.717) is 37.3 Å². The molecule has 5 rings (SSSR count). The molecule has 2 fully saturated rings. The van der Waals surface area contributed by atoms with Crippen LogP contribution in [0.1, 0.15) is 58.0 Å². The molecule has 164 valence electrons. The first kappa shape index (κ1) is 20.5. The molecule has 0 spiro atoms. The van der Waals surface area contributed by atoms with Crippen LogP contribution in [0.4, 0.5) is 0 Å². The van der Waals surface area contributed by atoms with Crippen LogP contribution in [0.2, 0.25) is 0 Å². The van der Waals surface area contributed by atoms with Crippen LogP contribution in [0.15, 0.2) is 36.4 Å². The van der Waals surface area contributed by atoms with Crippen molar-refractivity contribution < 1.29 is 19.2 Å². The summed E-state index contributed by atoms with van der Waals surface area (Å²) in [5, 5.41) is 0. The predicted molar refractivity (Wildman–Crippen MR) is 114 cm³/mol. The summed E-state index contributed by atoms with van der Waals surface area (Å²) in [6.45, 7) is 0.978. The van der Waals surface area contributed by atoms with Gasteiger partial charge in [0.1, 0.15) is 11.4 Å². The number of carbonyl (C=O) groups is 4. The summed E-state index contributed by atoms with van der Waals surface area (Å²) in [5.74, 6) is -0.765. The zero-order chi connectivity index (χ0) is 22.2. The molecular weight excluding hydrogens is 408 g/mol. The van der Waals surface area contributed by atoms with Gasteiger partial charge in [0, 0.05) is 24.5 Å². The van der Waals surface area contributed by atoms with E-state index in [2.05, 4.69) is 9.97 Å². The van der Waals surface area contributed by atoms with Gasteiger partial charge in [-0.2, -0.15) is 0 Å². The summed E-state index contributed by atoms with van der Waals surface area (Å²) < 4.78 is 0. The van der Waals surface area contributed by atoms with Crippen molar-refractivity contribution in [1.29, 1.82) is 0 Å². The summed E-state index contributed by atoms with van der Waals surface area (Å²) in [4.78, 5) is 64.5. The maximum Gasteiger partial charge on any atom is 0.273 e. The summed E-state index contributed by atoms with van der Waals surface area (Å²) in [6.07, 6.45) is 2.76. The molecule has 0 radical (unpaired) electrons. The van der Waals surface area contributed by atoms with E-state index < -0.39 is 12.1 Å². The van der Waals surface area contributed by atoms with E-state index in [1.54, 1.807) is 46.2 Å². The third kappa shape index (κ3) is 3.70. The van der Waals surface area contributed by atoms with Gasteiger partial charge in [-0.25, -0.2) is 9.97 Å². The summed E-state index contributed by atoms with van der Waals surface area (Å²) >= 11 is 0. The minimum Gasteiger partial charge on any atom is -0.327 e. The number of fused-ring (bicyclic) bond motifs is 6. The van der Waals surface area contributed by atoms with Crippen LogP contribution in [-0.2, 0) is 22.4 Å². The van der Waals surface area contributed by atoms with Crippen molar-refractivity contribution in [3.05, 3.63) is 59.2 Å². The van der Waals surface area contributed by atoms with Crippen LogP contribution in [0.25, 0.3) is 0 Å². The number of nitrogens with zero attached hydrogens (tertiary/aromatic N) is 4. The van der Waals surface area contributed by atoms with E-state index in [9.17, 15) is 19.2 Å². The number of Topliss-reactive ketones (excluding diaryl/α,β-unsaturated/α-hetero) is 2. The number of amides is 2. The first-order valence-electron chi connectivity index (χ1n) is 11.1. The van der Waals surface area contributed by atoms with Crippen LogP contribution in [0.3, 0.4) is 0 Å². The highest BCUT2D eigenvalue weighted by Gasteiger charge is 2.37. The van der Waals surface area contributed by atoms with Crippen molar-refractivity contribution >= 4 is 23.4 Å². The number of rotatable bonds is 0. The van der Waals surface area contributed by atoms with Crippen LogP contribution in [-0.4, -0.2) is 68.3 Å². The molecule has 3 aliphatic rings. The topological polar surface area (TPSA) is 101 Å². The van der Waals surface area contributed by atoms with Crippen LogP contribution in [0.5, 0.6) is 0 Å². The molecule has 2 aromatic heterocycles. The van der Waals surface area contributed by atoms with Crippen molar-refractivity contribution in [2.24, 2.45) is 0 Å². The third-order valence-electron chi connectivity index (χ3n) is 6.53. The average Bonchev–Trinajstić information content (AvgIpc) is 3.48. The molecule has 2 saturated heterocycles. The fraction of sp³-hybridized carbons (Fsp3) is 0.417. The van der Waals surface area contributed by atoms with Crippen molar-refractivity contribution in [3.63, 3.8) is 0 Å². The van der Waals surface area contributed by atoms with E-state index >= 15 is 0 Å². The molecule has 2 aromatic rings. The largest absolute Gasteiger partial charge is 0.327 e. The lowest BCUT2D eigenvalue weighted by atomic mass is 10.0. The quantitative estimate of drug-likeness (QED) is 0.627. The molecule has 4 bridgehead atoms. The van der Waals surface area contributed by atoms with Gasteiger partial charge >= 0.3 is 0 Å². The van der Waals surface area contributed by atoms with Crippen molar-refractivity contribution in [2.75, 3.05) is 13.1 Å². The lowest BCUT2D eigenvalue weighted by molar-refractivity contribution is -0.122. The minimum absolute atomic E-state index is 0.0470. The molecule has 3 aliphatic heterocycles.